The van der Waals surface area contributed by atoms with Crippen LogP contribution in [0.15, 0.2) is 42.7 Å². The van der Waals surface area contributed by atoms with E-state index in [0.29, 0.717) is 0 Å². The normalized spacial score (nSPS) is 12.9. The quantitative estimate of drug-likeness (QED) is 0.905. The van der Waals surface area contributed by atoms with Crippen LogP contribution in [0.2, 0.25) is 0 Å². The second-order valence-corrected chi connectivity index (χ2v) is 6.54. The van der Waals surface area contributed by atoms with Gasteiger partial charge >= 0.3 is 5.97 Å². The van der Waals surface area contributed by atoms with Gasteiger partial charge in [-0.2, -0.15) is 0 Å². The molecule has 2 rings (SSSR count). The molecule has 0 spiro atoms. The maximum atomic E-state index is 10.9. The summed E-state index contributed by atoms with van der Waals surface area (Å²) in [7, 11) is 0. The molecule has 0 bridgehead atoms. The minimum Gasteiger partial charge on any atom is -0.481 e. The van der Waals surface area contributed by atoms with Crippen molar-refractivity contribution in [3.05, 3.63) is 53.9 Å². The summed E-state index contributed by atoms with van der Waals surface area (Å²) in [5.41, 5.74) is 9.99. The molecule has 0 radical (unpaired) electrons. The fourth-order valence-corrected chi connectivity index (χ4v) is 2.30. The molecule has 22 heavy (non-hydrogen) atoms. The first-order chi connectivity index (χ1) is 10.3. The maximum Gasteiger partial charge on any atom is 0.305 e. The molecule has 1 aromatic heterocycles. The summed E-state index contributed by atoms with van der Waals surface area (Å²) in [5, 5.41) is 8.97. The number of rotatable bonds is 4. The van der Waals surface area contributed by atoms with E-state index >= 15 is 0 Å². The van der Waals surface area contributed by atoms with Gasteiger partial charge in [0.2, 0.25) is 0 Å². The van der Waals surface area contributed by atoms with Crippen LogP contribution in [0.1, 0.15) is 44.4 Å². The van der Waals surface area contributed by atoms with Crippen molar-refractivity contribution in [1.82, 2.24) is 4.98 Å². The Morgan fingerprint density at radius 1 is 1.27 bits per heavy atom. The van der Waals surface area contributed by atoms with E-state index < -0.39 is 12.0 Å². The Hall–Kier alpha value is -2.20. The lowest BCUT2D eigenvalue weighted by molar-refractivity contribution is -0.137. The number of hydrogen-bond acceptors (Lipinski definition) is 3. The fourth-order valence-electron chi connectivity index (χ4n) is 2.30. The van der Waals surface area contributed by atoms with Crippen LogP contribution >= 0.6 is 0 Å². The van der Waals surface area contributed by atoms with Crippen molar-refractivity contribution in [2.75, 3.05) is 0 Å². The van der Waals surface area contributed by atoms with Gasteiger partial charge in [-0.1, -0.05) is 39.0 Å². The van der Waals surface area contributed by atoms with Gasteiger partial charge in [-0.15, -0.1) is 0 Å². The van der Waals surface area contributed by atoms with E-state index in [1.807, 2.05) is 24.3 Å². The van der Waals surface area contributed by atoms with Gasteiger partial charge in [0.25, 0.3) is 0 Å². The molecule has 0 amide bonds. The van der Waals surface area contributed by atoms with Gasteiger partial charge < -0.3 is 10.8 Å². The van der Waals surface area contributed by atoms with E-state index in [9.17, 15) is 4.79 Å². The van der Waals surface area contributed by atoms with Gasteiger partial charge in [0, 0.05) is 24.0 Å². The molecule has 116 valence electrons. The maximum absolute atomic E-state index is 10.9. The van der Waals surface area contributed by atoms with Crippen LogP contribution in [0.25, 0.3) is 11.1 Å². The minimum atomic E-state index is -0.892. The zero-order valence-electron chi connectivity index (χ0n) is 13.2. The third kappa shape index (κ3) is 3.92. The second-order valence-electron chi connectivity index (χ2n) is 6.54. The first-order valence-electron chi connectivity index (χ1n) is 7.30. The van der Waals surface area contributed by atoms with E-state index in [0.717, 1.165) is 22.3 Å². The average Bonchev–Trinajstić information content (AvgIpc) is 2.46. The highest BCUT2D eigenvalue weighted by Gasteiger charge is 2.19. The van der Waals surface area contributed by atoms with E-state index in [4.69, 9.17) is 10.8 Å². The topological polar surface area (TPSA) is 76.2 Å². The zero-order valence-corrected chi connectivity index (χ0v) is 13.2. The van der Waals surface area contributed by atoms with Crippen molar-refractivity contribution in [2.45, 2.75) is 38.6 Å². The van der Waals surface area contributed by atoms with Gasteiger partial charge in [-0.3, -0.25) is 9.78 Å². The molecule has 0 aliphatic carbocycles. The Kier molecular flexibility index (Phi) is 4.62. The van der Waals surface area contributed by atoms with Crippen molar-refractivity contribution in [1.29, 1.82) is 0 Å². The van der Waals surface area contributed by atoms with Crippen molar-refractivity contribution in [3.63, 3.8) is 0 Å². The predicted molar refractivity (Wildman–Crippen MR) is 87.6 cm³/mol. The van der Waals surface area contributed by atoms with Gasteiger partial charge in [0.15, 0.2) is 0 Å². The monoisotopic (exact) mass is 298 g/mol. The van der Waals surface area contributed by atoms with Gasteiger partial charge in [-0.05, 0) is 34.2 Å². The number of nitrogens with zero attached hydrogens (tertiary/aromatic N) is 1. The standard InChI is InChI=1S/C18H22N2O2/c1-18(2,3)15-8-13(12-5-4-6-20-11-12)7-14(9-15)16(19)10-17(21)22/h4-9,11,16H,10,19H2,1-3H3,(H,21,22)/t16-/m0/s1. The average molecular weight is 298 g/mol. The zero-order chi connectivity index (χ0) is 16.3. The lowest BCUT2D eigenvalue weighted by atomic mass is 9.83. The molecule has 0 saturated carbocycles. The Morgan fingerprint density at radius 3 is 2.55 bits per heavy atom. The summed E-state index contributed by atoms with van der Waals surface area (Å²) in [6, 6.07) is 9.44. The summed E-state index contributed by atoms with van der Waals surface area (Å²) in [5.74, 6) is -0.892. The Morgan fingerprint density at radius 2 is 2.00 bits per heavy atom. The molecule has 0 aliphatic rings. The van der Waals surface area contributed by atoms with Crippen molar-refractivity contribution >= 4 is 5.97 Å². The van der Waals surface area contributed by atoms with Crippen LogP contribution in [-0.4, -0.2) is 16.1 Å². The first kappa shape index (κ1) is 16.2. The molecule has 0 aliphatic heterocycles. The van der Waals surface area contributed by atoms with Crippen LogP contribution in [0.4, 0.5) is 0 Å². The van der Waals surface area contributed by atoms with Crippen LogP contribution in [-0.2, 0) is 10.2 Å². The Labute approximate surface area is 131 Å². The predicted octanol–water partition coefficient (Wildman–Crippen LogP) is 3.52. The molecule has 0 saturated heterocycles. The highest BCUT2D eigenvalue weighted by molar-refractivity contribution is 5.69. The Balaban J connectivity index is 2.53. The van der Waals surface area contributed by atoms with Crippen LogP contribution in [0.3, 0.4) is 0 Å². The molecule has 1 heterocycles. The van der Waals surface area contributed by atoms with Crippen molar-refractivity contribution < 1.29 is 9.90 Å². The van der Waals surface area contributed by atoms with Crippen LogP contribution in [0.5, 0.6) is 0 Å². The van der Waals surface area contributed by atoms with Gasteiger partial charge in [0.05, 0.1) is 6.42 Å². The third-order valence-corrected chi connectivity index (χ3v) is 3.64. The smallest absolute Gasteiger partial charge is 0.305 e. The van der Waals surface area contributed by atoms with Crippen molar-refractivity contribution in [2.24, 2.45) is 5.73 Å². The fraction of sp³-hybridized carbons (Fsp3) is 0.333. The number of benzene rings is 1. The molecule has 4 heteroatoms. The second kappa shape index (κ2) is 6.28. The van der Waals surface area contributed by atoms with Crippen LogP contribution < -0.4 is 5.73 Å². The van der Waals surface area contributed by atoms with Gasteiger partial charge in [0.1, 0.15) is 0 Å². The van der Waals surface area contributed by atoms with E-state index in [-0.39, 0.29) is 11.8 Å². The van der Waals surface area contributed by atoms with E-state index in [1.165, 1.54) is 0 Å². The lowest BCUT2D eigenvalue weighted by Crippen LogP contribution is -2.17. The summed E-state index contributed by atoms with van der Waals surface area (Å²) in [6.07, 6.45) is 3.45. The summed E-state index contributed by atoms with van der Waals surface area (Å²) >= 11 is 0. The molecule has 0 unspecified atom stereocenters. The summed E-state index contributed by atoms with van der Waals surface area (Å²) < 4.78 is 0. The van der Waals surface area contributed by atoms with Gasteiger partial charge in [-0.25, -0.2) is 0 Å². The molecule has 1 aromatic carbocycles. The number of carboxylic acids is 1. The number of carboxylic acid groups (broad SMARTS) is 1. The number of aromatic nitrogens is 1. The number of carbonyl (C=O) groups is 1. The molecule has 2 aromatic rings. The number of hydrogen-bond donors (Lipinski definition) is 2. The molecule has 4 nitrogen and oxygen atoms in total. The lowest BCUT2D eigenvalue weighted by Gasteiger charge is -2.23. The summed E-state index contributed by atoms with van der Waals surface area (Å²) in [4.78, 5) is 15.1. The van der Waals surface area contributed by atoms with Crippen molar-refractivity contribution in [3.8, 4) is 11.1 Å². The molecule has 3 N–H and O–H groups in total. The molecular weight excluding hydrogens is 276 g/mol. The molecular formula is C18H22N2O2. The van der Waals surface area contributed by atoms with E-state index in [2.05, 4.69) is 31.8 Å². The number of pyridine rings is 1. The largest absolute Gasteiger partial charge is 0.481 e. The number of aliphatic carboxylic acids is 1. The number of nitrogens with two attached hydrogens (primary N) is 1. The Bertz CT molecular complexity index is 661. The van der Waals surface area contributed by atoms with E-state index in [1.54, 1.807) is 12.4 Å². The summed E-state index contributed by atoms with van der Waals surface area (Å²) in [6.45, 7) is 6.38. The third-order valence-electron chi connectivity index (χ3n) is 3.64. The highest BCUT2D eigenvalue weighted by atomic mass is 16.4. The minimum absolute atomic E-state index is 0.0457. The van der Waals surface area contributed by atoms with Crippen LogP contribution in [0, 0.1) is 0 Å². The molecule has 0 fully saturated rings. The highest BCUT2D eigenvalue weighted by Crippen LogP contribution is 2.31. The SMILES string of the molecule is CC(C)(C)c1cc(-c2cccnc2)cc([C@@H](N)CC(=O)O)c1. The molecule has 1 atom stereocenters. The first-order valence-corrected chi connectivity index (χ1v) is 7.30.